The SMILES string of the molecule is CC(=O)C(C)(C(=O)O)C(=O)Nc1ccccc1. The third-order valence-corrected chi connectivity index (χ3v) is 2.62. The van der Waals surface area contributed by atoms with E-state index in [9.17, 15) is 14.4 Å². The van der Waals surface area contributed by atoms with E-state index in [0.29, 0.717) is 5.69 Å². The summed E-state index contributed by atoms with van der Waals surface area (Å²) >= 11 is 0. The molecule has 5 heteroatoms. The second kappa shape index (κ2) is 4.78. The van der Waals surface area contributed by atoms with Gasteiger partial charge in [-0.05, 0) is 26.0 Å². The minimum Gasteiger partial charge on any atom is -0.480 e. The second-order valence-corrected chi connectivity index (χ2v) is 3.81. The van der Waals surface area contributed by atoms with Crippen molar-refractivity contribution in [3.8, 4) is 0 Å². The molecule has 0 aliphatic carbocycles. The first-order valence-electron chi connectivity index (χ1n) is 5.00. The van der Waals surface area contributed by atoms with Crippen molar-refractivity contribution in [1.29, 1.82) is 0 Å². The van der Waals surface area contributed by atoms with Crippen LogP contribution in [0.25, 0.3) is 0 Å². The van der Waals surface area contributed by atoms with Gasteiger partial charge >= 0.3 is 5.97 Å². The van der Waals surface area contributed by atoms with Crippen LogP contribution in [0.4, 0.5) is 5.69 Å². The molecule has 0 saturated heterocycles. The standard InChI is InChI=1S/C12H13NO4/c1-8(14)12(2,11(16)17)10(15)13-9-6-4-3-5-7-9/h3-7H,1-2H3,(H,13,15)(H,16,17). The Balaban J connectivity index is 2.96. The summed E-state index contributed by atoms with van der Waals surface area (Å²) in [7, 11) is 0. The maximum Gasteiger partial charge on any atom is 0.326 e. The molecule has 0 fully saturated rings. The second-order valence-electron chi connectivity index (χ2n) is 3.81. The molecule has 0 radical (unpaired) electrons. The number of carboxylic acids is 1. The Kier molecular flexibility index (Phi) is 3.62. The minimum absolute atomic E-state index is 0.450. The molecule has 1 amide bonds. The van der Waals surface area contributed by atoms with Crippen LogP contribution < -0.4 is 5.32 Å². The highest BCUT2D eigenvalue weighted by molar-refractivity contribution is 6.23. The first kappa shape index (κ1) is 12.9. The number of carbonyl (C=O) groups excluding carboxylic acids is 2. The molecule has 5 nitrogen and oxygen atoms in total. The molecule has 1 rings (SSSR count). The summed E-state index contributed by atoms with van der Waals surface area (Å²) in [5.41, 5.74) is -1.61. The third kappa shape index (κ3) is 2.50. The number of aliphatic carboxylic acids is 1. The maximum absolute atomic E-state index is 11.8. The predicted octanol–water partition coefficient (Wildman–Crippen LogP) is 1.30. The van der Waals surface area contributed by atoms with E-state index in [2.05, 4.69) is 5.32 Å². The average Bonchev–Trinajstić information content (AvgIpc) is 2.28. The zero-order chi connectivity index (χ0) is 13.1. The lowest BCUT2D eigenvalue weighted by Crippen LogP contribution is -2.45. The fraction of sp³-hybridized carbons (Fsp3) is 0.250. The molecule has 0 aromatic heterocycles. The van der Waals surface area contributed by atoms with Gasteiger partial charge in [0.25, 0.3) is 0 Å². The Labute approximate surface area is 98.4 Å². The molecule has 0 aliphatic heterocycles. The number of anilines is 1. The van der Waals surface area contributed by atoms with Crippen LogP contribution >= 0.6 is 0 Å². The molecule has 1 aromatic carbocycles. The number of carboxylic acid groups (broad SMARTS) is 1. The van der Waals surface area contributed by atoms with E-state index in [-0.39, 0.29) is 0 Å². The van der Waals surface area contributed by atoms with Crippen molar-refractivity contribution in [3.63, 3.8) is 0 Å². The molecular formula is C12H13NO4. The number of para-hydroxylation sites is 1. The van der Waals surface area contributed by atoms with Gasteiger partial charge in [-0.15, -0.1) is 0 Å². The molecule has 0 bridgehead atoms. The lowest BCUT2D eigenvalue weighted by Gasteiger charge is -2.20. The summed E-state index contributed by atoms with van der Waals surface area (Å²) < 4.78 is 0. The summed E-state index contributed by atoms with van der Waals surface area (Å²) in [5, 5.41) is 11.4. The molecule has 17 heavy (non-hydrogen) atoms. The topological polar surface area (TPSA) is 83.5 Å². The predicted molar refractivity (Wildman–Crippen MR) is 61.5 cm³/mol. The van der Waals surface area contributed by atoms with E-state index in [4.69, 9.17) is 5.11 Å². The van der Waals surface area contributed by atoms with Gasteiger partial charge < -0.3 is 10.4 Å². The fourth-order valence-electron chi connectivity index (χ4n) is 1.19. The molecule has 0 spiro atoms. The summed E-state index contributed by atoms with van der Waals surface area (Å²) in [5.74, 6) is -3.01. The van der Waals surface area contributed by atoms with Gasteiger partial charge in [0.05, 0.1) is 0 Å². The Hall–Kier alpha value is -2.17. The van der Waals surface area contributed by atoms with Gasteiger partial charge in [-0.2, -0.15) is 0 Å². The summed E-state index contributed by atoms with van der Waals surface area (Å²) in [6.45, 7) is 2.18. The minimum atomic E-state index is -2.06. The maximum atomic E-state index is 11.8. The molecular weight excluding hydrogens is 222 g/mol. The molecule has 0 saturated carbocycles. The van der Waals surface area contributed by atoms with Crippen LogP contribution in [0.3, 0.4) is 0 Å². The smallest absolute Gasteiger partial charge is 0.326 e. The van der Waals surface area contributed by atoms with Gasteiger partial charge in [-0.3, -0.25) is 14.4 Å². The highest BCUT2D eigenvalue weighted by Crippen LogP contribution is 2.21. The van der Waals surface area contributed by atoms with Crippen LogP contribution in [0, 0.1) is 5.41 Å². The van der Waals surface area contributed by atoms with E-state index in [0.717, 1.165) is 13.8 Å². The van der Waals surface area contributed by atoms with Crippen molar-refractivity contribution in [2.75, 3.05) is 5.32 Å². The van der Waals surface area contributed by atoms with Gasteiger partial charge in [-0.25, -0.2) is 0 Å². The van der Waals surface area contributed by atoms with Crippen LogP contribution in [-0.4, -0.2) is 22.8 Å². The summed E-state index contributed by atoms with van der Waals surface area (Å²) in [6, 6.07) is 8.38. The Morgan fingerprint density at radius 3 is 2.12 bits per heavy atom. The van der Waals surface area contributed by atoms with Crippen molar-refractivity contribution in [1.82, 2.24) is 0 Å². The molecule has 0 heterocycles. The zero-order valence-corrected chi connectivity index (χ0v) is 9.56. The first-order chi connectivity index (χ1) is 7.89. The fourth-order valence-corrected chi connectivity index (χ4v) is 1.19. The van der Waals surface area contributed by atoms with E-state index in [1.165, 1.54) is 0 Å². The van der Waals surface area contributed by atoms with E-state index >= 15 is 0 Å². The van der Waals surface area contributed by atoms with Crippen molar-refractivity contribution < 1.29 is 19.5 Å². The largest absolute Gasteiger partial charge is 0.480 e. The van der Waals surface area contributed by atoms with E-state index in [1.807, 2.05) is 0 Å². The number of hydrogen-bond donors (Lipinski definition) is 2. The quantitative estimate of drug-likeness (QED) is 0.770. The number of hydrogen-bond acceptors (Lipinski definition) is 3. The molecule has 2 N–H and O–H groups in total. The molecule has 0 aliphatic rings. The van der Waals surface area contributed by atoms with Crippen LogP contribution in [0.15, 0.2) is 30.3 Å². The monoisotopic (exact) mass is 235 g/mol. The van der Waals surface area contributed by atoms with Crippen molar-refractivity contribution in [3.05, 3.63) is 30.3 Å². The van der Waals surface area contributed by atoms with Crippen molar-refractivity contribution in [2.45, 2.75) is 13.8 Å². The number of carbonyl (C=O) groups is 3. The van der Waals surface area contributed by atoms with E-state index < -0.39 is 23.1 Å². The Morgan fingerprint density at radius 2 is 1.71 bits per heavy atom. The Morgan fingerprint density at radius 1 is 1.18 bits per heavy atom. The highest BCUT2D eigenvalue weighted by Gasteiger charge is 2.46. The lowest BCUT2D eigenvalue weighted by molar-refractivity contribution is -0.157. The molecule has 1 unspecified atom stereocenters. The van der Waals surface area contributed by atoms with Gasteiger partial charge in [0.2, 0.25) is 11.3 Å². The zero-order valence-electron chi connectivity index (χ0n) is 9.56. The number of nitrogens with one attached hydrogen (secondary N) is 1. The van der Waals surface area contributed by atoms with Gasteiger partial charge in [-0.1, -0.05) is 18.2 Å². The summed E-state index contributed by atoms with van der Waals surface area (Å²) in [6.07, 6.45) is 0. The Bertz CT molecular complexity index is 439. The number of rotatable bonds is 4. The van der Waals surface area contributed by atoms with Crippen LogP contribution in [0.1, 0.15) is 13.8 Å². The first-order valence-corrected chi connectivity index (χ1v) is 5.00. The third-order valence-electron chi connectivity index (χ3n) is 2.62. The van der Waals surface area contributed by atoms with Crippen LogP contribution in [-0.2, 0) is 14.4 Å². The number of Topliss-reactive ketones (excluding diaryl/α,β-unsaturated/α-hetero) is 1. The van der Waals surface area contributed by atoms with Crippen molar-refractivity contribution >= 4 is 23.3 Å². The molecule has 90 valence electrons. The highest BCUT2D eigenvalue weighted by atomic mass is 16.4. The average molecular weight is 235 g/mol. The normalized spacial score (nSPS) is 13.5. The number of ketones is 1. The molecule has 1 atom stereocenters. The number of amides is 1. The van der Waals surface area contributed by atoms with E-state index in [1.54, 1.807) is 30.3 Å². The van der Waals surface area contributed by atoms with Crippen molar-refractivity contribution in [2.24, 2.45) is 5.41 Å². The number of benzene rings is 1. The van der Waals surface area contributed by atoms with Crippen LogP contribution in [0.5, 0.6) is 0 Å². The molecule has 1 aromatic rings. The summed E-state index contributed by atoms with van der Waals surface area (Å²) in [4.78, 5) is 34.1. The van der Waals surface area contributed by atoms with Gasteiger partial charge in [0.1, 0.15) is 0 Å². The lowest BCUT2D eigenvalue weighted by atomic mass is 9.85. The van der Waals surface area contributed by atoms with Gasteiger partial charge in [0, 0.05) is 5.69 Å². The van der Waals surface area contributed by atoms with Crippen LogP contribution in [0.2, 0.25) is 0 Å². The van der Waals surface area contributed by atoms with Gasteiger partial charge in [0.15, 0.2) is 5.78 Å².